The second-order valence-electron chi connectivity index (χ2n) is 14.7. The van der Waals surface area contributed by atoms with Crippen molar-refractivity contribution in [1.82, 2.24) is 14.8 Å². The lowest BCUT2D eigenvalue weighted by Gasteiger charge is -2.41. The van der Waals surface area contributed by atoms with Crippen LogP contribution in [0.15, 0.2) is 60.8 Å². The molecule has 0 fully saturated rings. The van der Waals surface area contributed by atoms with E-state index in [2.05, 4.69) is 5.32 Å². The van der Waals surface area contributed by atoms with Gasteiger partial charge in [-0.3, -0.25) is 24.0 Å². The highest BCUT2D eigenvalue weighted by atomic mass is 32.2. The van der Waals surface area contributed by atoms with E-state index in [4.69, 9.17) is 10.8 Å². The largest absolute Gasteiger partial charge is 0.481 e. The summed E-state index contributed by atoms with van der Waals surface area (Å²) < 4.78 is 44.9. The molecule has 2 aromatic carbocycles. The topological polar surface area (TPSA) is 152 Å². The van der Waals surface area contributed by atoms with Crippen molar-refractivity contribution in [3.8, 4) is 11.1 Å². The number of ketones is 2. The Kier molecular flexibility index (Phi) is 18.2. The minimum atomic E-state index is -1.10. The van der Waals surface area contributed by atoms with E-state index in [9.17, 15) is 32.8 Å². The Hall–Kier alpha value is -4.43. The van der Waals surface area contributed by atoms with E-state index < -0.39 is 47.7 Å². The fourth-order valence-electron chi connectivity index (χ4n) is 6.18. The first-order chi connectivity index (χ1) is 26.1. The maximum atomic E-state index is 15.1. The minimum Gasteiger partial charge on any atom is -0.481 e. The number of nitrogens with one attached hydrogen (secondary N) is 1. The van der Waals surface area contributed by atoms with Gasteiger partial charge in [-0.15, -0.1) is 0 Å². The molecule has 0 aliphatic carbocycles. The third kappa shape index (κ3) is 15.3. The molecule has 3 aromatic rings. The molecule has 14 heteroatoms. The van der Waals surface area contributed by atoms with Gasteiger partial charge in [0.2, 0.25) is 11.8 Å². The standard InChI is InChI=1S/C41H53F3N4O6S/c1-41(2,3)40(36-21-29(34-22-30(43)13-14-35(34)44)26-47(36)25-28-9-5-4-6-10-28)48(19-17-31(45)23-42)38(52)27-55-20-18-32(49)11-7-8-12-33(50)24-46-37(51)15-16-39(53)54/h4-6,9-10,13-14,21-22,26,31,40H,7-8,11-12,15-20,23-25,27,45H2,1-3H3,(H,46,51)(H,53,54)/t31?,40-/m0/s1. The van der Waals surface area contributed by atoms with Gasteiger partial charge in [0.25, 0.3) is 0 Å². The Morgan fingerprint density at radius 3 is 2.27 bits per heavy atom. The fourth-order valence-corrected chi connectivity index (χ4v) is 7.04. The van der Waals surface area contributed by atoms with Crippen molar-refractivity contribution in [3.63, 3.8) is 0 Å². The molecule has 2 amide bonds. The average Bonchev–Trinajstić information content (AvgIpc) is 3.54. The number of hydrogen-bond acceptors (Lipinski definition) is 7. The fraction of sp³-hybridized carbons (Fsp3) is 0.488. The van der Waals surface area contributed by atoms with Gasteiger partial charge in [0.15, 0.2) is 5.78 Å². The monoisotopic (exact) mass is 786 g/mol. The maximum Gasteiger partial charge on any atom is 0.303 e. The van der Waals surface area contributed by atoms with Crippen LogP contribution in [0.3, 0.4) is 0 Å². The molecule has 300 valence electrons. The van der Waals surface area contributed by atoms with Crippen LogP contribution in [0.25, 0.3) is 11.1 Å². The average molecular weight is 787 g/mol. The summed E-state index contributed by atoms with van der Waals surface area (Å²) in [6.07, 6.45) is 3.06. The van der Waals surface area contributed by atoms with Crippen molar-refractivity contribution in [3.05, 3.63) is 83.7 Å². The smallest absolute Gasteiger partial charge is 0.303 e. The number of unbranched alkanes of at least 4 members (excludes halogenated alkanes) is 1. The van der Waals surface area contributed by atoms with Crippen LogP contribution in [0.4, 0.5) is 13.2 Å². The van der Waals surface area contributed by atoms with Gasteiger partial charge < -0.3 is 25.6 Å². The number of nitrogens with zero attached hydrogens (tertiary/aromatic N) is 2. The Morgan fingerprint density at radius 1 is 0.927 bits per heavy atom. The first-order valence-electron chi connectivity index (χ1n) is 18.5. The lowest BCUT2D eigenvalue weighted by molar-refractivity contribution is -0.138. The van der Waals surface area contributed by atoms with E-state index >= 15 is 4.39 Å². The third-order valence-electron chi connectivity index (χ3n) is 9.00. The van der Waals surface area contributed by atoms with Gasteiger partial charge in [0.05, 0.1) is 24.8 Å². The Labute approximate surface area is 325 Å². The number of aliphatic carboxylic acids is 1. The number of benzene rings is 2. The first kappa shape index (κ1) is 45.0. The summed E-state index contributed by atoms with van der Waals surface area (Å²) in [7, 11) is 0. The third-order valence-corrected chi connectivity index (χ3v) is 9.94. The second-order valence-corrected chi connectivity index (χ2v) is 15.8. The number of amides is 2. The molecule has 1 aromatic heterocycles. The Morgan fingerprint density at radius 2 is 1.62 bits per heavy atom. The van der Waals surface area contributed by atoms with Gasteiger partial charge in [-0.1, -0.05) is 51.1 Å². The number of aromatic nitrogens is 1. The Balaban J connectivity index is 1.70. The molecule has 4 N–H and O–H groups in total. The van der Waals surface area contributed by atoms with Crippen molar-refractivity contribution in [2.24, 2.45) is 11.1 Å². The van der Waals surface area contributed by atoms with Crippen molar-refractivity contribution < 1.29 is 42.3 Å². The number of hydrogen-bond donors (Lipinski definition) is 3. The summed E-state index contributed by atoms with van der Waals surface area (Å²) in [5, 5.41) is 11.0. The zero-order chi connectivity index (χ0) is 40.5. The molecule has 0 aliphatic rings. The molecular formula is C41H53F3N4O6S. The van der Waals surface area contributed by atoms with E-state index in [0.717, 1.165) is 23.8 Å². The molecule has 0 spiro atoms. The number of carboxylic acid groups (broad SMARTS) is 1. The molecule has 55 heavy (non-hydrogen) atoms. The van der Waals surface area contributed by atoms with Crippen LogP contribution >= 0.6 is 11.8 Å². The van der Waals surface area contributed by atoms with Gasteiger partial charge in [-0.25, -0.2) is 13.2 Å². The second kappa shape index (κ2) is 22.2. The van der Waals surface area contributed by atoms with E-state index in [1.165, 1.54) is 11.8 Å². The highest BCUT2D eigenvalue weighted by Gasteiger charge is 2.37. The summed E-state index contributed by atoms with van der Waals surface area (Å²) in [6.45, 7) is 5.53. The highest BCUT2D eigenvalue weighted by Crippen LogP contribution is 2.41. The van der Waals surface area contributed by atoms with Gasteiger partial charge in [0.1, 0.15) is 24.1 Å². The Bertz CT molecular complexity index is 1750. The van der Waals surface area contributed by atoms with E-state index in [1.54, 1.807) is 17.2 Å². The maximum absolute atomic E-state index is 15.1. The van der Waals surface area contributed by atoms with Crippen molar-refractivity contribution in [2.75, 3.05) is 31.3 Å². The van der Waals surface area contributed by atoms with E-state index in [-0.39, 0.29) is 80.4 Å². The molecule has 0 saturated carbocycles. The van der Waals surface area contributed by atoms with Crippen LogP contribution in [-0.2, 0) is 30.5 Å². The molecule has 0 aliphatic heterocycles. The van der Waals surface area contributed by atoms with Crippen LogP contribution in [-0.4, -0.2) is 81.2 Å². The molecule has 2 atom stereocenters. The van der Waals surface area contributed by atoms with Crippen LogP contribution in [0.2, 0.25) is 0 Å². The SMILES string of the molecule is CC(C)(C)[C@H](c1cc(-c2cc(F)ccc2F)cn1Cc1ccccc1)N(CCC(N)CF)C(=O)CSCCC(=O)CCCCC(=O)CNC(=O)CCC(=O)O. The number of alkyl halides is 1. The predicted octanol–water partition coefficient (Wildman–Crippen LogP) is 6.89. The van der Waals surface area contributed by atoms with Gasteiger partial charge >= 0.3 is 5.97 Å². The summed E-state index contributed by atoms with van der Waals surface area (Å²) in [4.78, 5) is 62.6. The molecule has 0 bridgehead atoms. The minimum absolute atomic E-state index is 0.0106. The van der Waals surface area contributed by atoms with Crippen molar-refractivity contribution in [2.45, 2.75) is 90.8 Å². The lowest BCUT2D eigenvalue weighted by Crippen LogP contribution is -2.45. The highest BCUT2D eigenvalue weighted by molar-refractivity contribution is 7.99. The van der Waals surface area contributed by atoms with E-state index in [0.29, 0.717) is 36.4 Å². The molecule has 3 rings (SSSR count). The summed E-state index contributed by atoms with van der Waals surface area (Å²) in [6, 6.07) is 13.3. The van der Waals surface area contributed by atoms with Gasteiger partial charge in [-0.2, -0.15) is 11.8 Å². The quantitative estimate of drug-likeness (QED) is 0.0832. The van der Waals surface area contributed by atoms with Crippen LogP contribution in [0.5, 0.6) is 0 Å². The first-order valence-corrected chi connectivity index (χ1v) is 19.6. The summed E-state index contributed by atoms with van der Waals surface area (Å²) in [5.41, 5.74) is 7.60. The predicted molar refractivity (Wildman–Crippen MR) is 208 cm³/mol. The zero-order valence-corrected chi connectivity index (χ0v) is 32.6. The van der Waals surface area contributed by atoms with Crippen LogP contribution in [0.1, 0.15) is 89.4 Å². The number of Topliss-reactive ketones (excluding diaryl/α,β-unsaturated/α-hetero) is 2. The van der Waals surface area contributed by atoms with Gasteiger partial charge in [0, 0.05) is 73.6 Å². The van der Waals surface area contributed by atoms with Crippen LogP contribution in [0, 0.1) is 17.0 Å². The number of halogens is 3. The molecule has 0 radical (unpaired) electrons. The molecule has 0 saturated heterocycles. The normalized spacial score (nSPS) is 12.6. The molecule has 1 unspecified atom stereocenters. The number of thioether (sulfide) groups is 1. The van der Waals surface area contributed by atoms with Crippen molar-refractivity contribution in [1.29, 1.82) is 0 Å². The zero-order valence-electron chi connectivity index (χ0n) is 31.8. The molecule has 10 nitrogen and oxygen atoms in total. The van der Waals surface area contributed by atoms with E-state index in [1.807, 2.05) is 55.7 Å². The molecular weight excluding hydrogens is 734 g/mol. The summed E-state index contributed by atoms with van der Waals surface area (Å²) in [5.74, 6) is -2.80. The lowest BCUT2D eigenvalue weighted by atomic mass is 9.82. The summed E-state index contributed by atoms with van der Waals surface area (Å²) >= 11 is 1.31. The van der Waals surface area contributed by atoms with Crippen LogP contribution < -0.4 is 11.1 Å². The molecule has 1 heterocycles. The number of carboxylic acids is 1. The van der Waals surface area contributed by atoms with Gasteiger partial charge in [-0.05, 0) is 54.5 Å². The number of carbonyl (C=O) groups excluding carboxylic acids is 4. The number of carbonyl (C=O) groups is 5. The van der Waals surface area contributed by atoms with Crippen molar-refractivity contribution >= 4 is 41.1 Å². The number of rotatable bonds is 24. The number of nitrogens with two attached hydrogens (primary N) is 1.